The Morgan fingerprint density at radius 2 is 2.35 bits per heavy atom. The Bertz CT molecular complexity index is 597. The van der Waals surface area contributed by atoms with E-state index in [4.69, 9.17) is 5.11 Å². The molecule has 108 valence electrons. The molecule has 0 aliphatic rings. The molecule has 0 saturated heterocycles. The lowest BCUT2D eigenvalue weighted by atomic mass is 10.1. The van der Waals surface area contributed by atoms with Gasteiger partial charge in [-0.2, -0.15) is 0 Å². The molecule has 0 radical (unpaired) electrons. The molecule has 2 heterocycles. The van der Waals surface area contributed by atoms with Crippen molar-refractivity contribution in [2.45, 2.75) is 44.3 Å². The van der Waals surface area contributed by atoms with Crippen LogP contribution in [0.15, 0.2) is 23.6 Å². The van der Waals surface area contributed by atoms with Gasteiger partial charge in [0.2, 0.25) is 0 Å². The topological polar surface area (TPSA) is 68.0 Å². The van der Waals surface area contributed by atoms with E-state index in [9.17, 15) is 4.79 Å². The van der Waals surface area contributed by atoms with Crippen molar-refractivity contribution in [2.75, 3.05) is 5.75 Å². The van der Waals surface area contributed by atoms with E-state index in [-0.39, 0.29) is 5.75 Å². The summed E-state index contributed by atoms with van der Waals surface area (Å²) in [6.45, 7) is 4.32. The molecule has 0 spiro atoms. The van der Waals surface area contributed by atoms with Gasteiger partial charge < -0.3 is 9.67 Å². The summed E-state index contributed by atoms with van der Waals surface area (Å²) in [4.78, 5) is 19.4. The zero-order chi connectivity index (χ0) is 14.5. The number of carboxylic acid groups (broad SMARTS) is 1. The van der Waals surface area contributed by atoms with E-state index in [1.54, 1.807) is 12.4 Å². The Morgan fingerprint density at radius 3 is 3.05 bits per heavy atom. The molecule has 0 aliphatic heterocycles. The van der Waals surface area contributed by atoms with Gasteiger partial charge in [0, 0.05) is 12.2 Å². The molecule has 0 aromatic carbocycles. The molecule has 0 amide bonds. The lowest BCUT2D eigenvalue weighted by Crippen LogP contribution is -2.08. The highest BCUT2D eigenvalue weighted by atomic mass is 32.2. The summed E-state index contributed by atoms with van der Waals surface area (Å²) in [7, 11) is 0. The number of rotatable bonds is 7. The van der Waals surface area contributed by atoms with E-state index in [1.807, 2.05) is 6.07 Å². The Hall–Kier alpha value is -1.56. The number of carboxylic acids is 1. The molecule has 0 saturated carbocycles. The molecule has 20 heavy (non-hydrogen) atoms. The van der Waals surface area contributed by atoms with Gasteiger partial charge in [0.1, 0.15) is 5.52 Å². The van der Waals surface area contributed by atoms with E-state index in [0.29, 0.717) is 6.04 Å². The fraction of sp³-hybridized carbons (Fsp3) is 0.500. The molecule has 0 fully saturated rings. The number of aromatic nitrogens is 3. The van der Waals surface area contributed by atoms with Crippen LogP contribution in [0, 0.1) is 0 Å². The number of hydrogen-bond acceptors (Lipinski definition) is 4. The van der Waals surface area contributed by atoms with Gasteiger partial charge in [0.05, 0.1) is 17.5 Å². The largest absolute Gasteiger partial charge is 0.481 e. The van der Waals surface area contributed by atoms with Gasteiger partial charge in [-0.15, -0.1) is 0 Å². The molecule has 1 unspecified atom stereocenters. The highest BCUT2D eigenvalue weighted by molar-refractivity contribution is 7.99. The Kier molecular flexibility index (Phi) is 5.00. The van der Waals surface area contributed by atoms with Crippen LogP contribution in [-0.4, -0.2) is 31.4 Å². The third kappa shape index (κ3) is 3.30. The number of unbranched alkanes of at least 4 members (excludes halogenated alkanes) is 1. The van der Waals surface area contributed by atoms with E-state index in [0.717, 1.165) is 35.5 Å². The summed E-state index contributed by atoms with van der Waals surface area (Å²) in [5.74, 6) is -0.801. The number of nitrogens with zero attached hydrogens (tertiary/aromatic N) is 3. The van der Waals surface area contributed by atoms with Crippen LogP contribution < -0.4 is 0 Å². The van der Waals surface area contributed by atoms with Crippen molar-refractivity contribution in [3.05, 3.63) is 18.5 Å². The minimum Gasteiger partial charge on any atom is -0.481 e. The minimum atomic E-state index is -0.826. The first kappa shape index (κ1) is 14.8. The summed E-state index contributed by atoms with van der Waals surface area (Å²) >= 11 is 1.27. The van der Waals surface area contributed by atoms with E-state index >= 15 is 0 Å². The van der Waals surface area contributed by atoms with Gasteiger partial charge in [-0.3, -0.25) is 9.78 Å². The Labute approximate surface area is 122 Å². The SMILES string of the molecule is CCCCC(C)n1c(SCC(=O)O)nc2cnccc21. The first-order valence-electron chi connectivity index (χ1n) is 6.80. The van der Waals surface area contributed by atoms with E-state index < -0.39 is 5.97 Å². The van der Waals surface area contributed by atoms with Crippen molar-refractivity contribution in [1.29, 1.82) is 0 Å². The van der Waals surface area contributed by atoms with Crippen LogP contribution in [0.4, 0.5) is 0 Å². The van der Waals surface area contributed by atoms with Crippen molar-refractivity contribution in [2.24, 2.45) is 0 Å². The molecule has 0 bridgehead atoms. The van der Waals surface area contributed by atoms with E-state index in [2.05, 4.69) is 28.4 Å². The molecule has 2 rings (SSSR count). The molecule has 1 atom stereocenters. The van der Waals surface area contributed by atoms with E-state index in [1.165, 1.54) is 11.8 Å². The van der Waals surface area contributed by atoms with Crippen LogP contribution >= 0.6 is 11.8 Å². The van der Waals surface area contributed by atoms with Crippen molar-refractivity contribution in [1.82, 2.24) is 14.5 Å². The number of imidazole rings is 1. The molecule has 6 heteroatoms. The normalized spacial score (nSPS) is 12.7. The summed E-state index contributed by atoms with van der Waals surface area (Å²) in [5.41, 5.74) is 1.85. The van der Waals surface area contributed by atoms with Gasteiger partial charge in [0.15, 0.2) is 5.16 Å². The first-order chi connectivity index (χ1) is 9.63. The summed E-state index contributed by atoms with van der Waals surface area (Å²) in [6, 6.07) is 2.24. The number of thioether (sulfide) groups is 1. The number of aliphatic carboxylic acids is 1. The van der Waals surface area contributed by atoms with Crippen LogP contribution in [0.25, 0.3) is 11.0 Å². The second kappa shape index (κ2) is 6.74. The average Bonchev–Trinajstić information content (AvgIpc) is 2.81. The number of carbonyl (C=O) groups is 1. The molecular weight excluding hydrogens is 274 g/mol. The number of pyridine rings is 1. The van der Waals surface area contributed by atoms with Crippen LogP contribution in [0.3, 0.4) is 0 Å². The Morgan fingerprint density at radius 1 is 1.55 bits per heavy atom. The van der Waals surface area contributed by atoms with Crippen LogP contribution in [0.2, 0.25) is 0 Å². The number of fused-ring (bicyclic) bond motifs is 1. The summed E-state index contributed by atoms with van der Waals surface area (Å²) in [5, 5.41) is 9.61. The molecule has 1 N–H and O–H groups in total. The van der Waals surface area contributed by atoms with Crippen LogP contribution in [0.5, 0.6) is 0 Å². The predicted molar refractivity (Wildman–Crippen MR) is 80.1 cm³/mol. The molecule has 5 nitrogen and oxygen atoms in total. The fourth-order valence-electron chi connectivity index (χ4n) is 2.21. The van der Waals surface area contributed by atoms with Gasteiger partial charge in [-0.25, -0.2) is 4.98 Å². The lowest BCUT2D eigenvalue weighted by molar-refractivity contribution is -0.133. The van der Waals surface area contributed by atoms with Gasteiger partial charge >= 0.3 is 5.97 Å². The highest BCUT2D eigenvalue weighted by Crippen LogP contribution is 2.29. The molecule has 2 aromatic heterocycles. The van der Waals surface area contributed by atoms with Gasteiger partial charge in [0.25, 0.3) is 0 Å². The predicted octanol–water partition coefficient (Wildman–Crippen LogP) is 3.36. The standard InChI is InChI=1S/C14H19N3O2S/c1-3-4-5-10(2)17-12-6-7-15-8-11(12)16-14(17)20-9-13(18)19/h6-8,10H,3-5,9H2,1-2H3,(H,18,19). The molecular formula is C14H19N3O2S. The number of hydrogen-bond donors (Lipinski definition) is 1. The third-order valence-corrected chi connectivity index (χ3v) is 4.14. The smallest absolute Gasteiger partial charge is 0.313 e. The molecule has 0 aliphatic carbocycles. The van der Waals surface area contributed by atoms with Crippen molar-refractivity contribution in [3.63, 3.8) is 0 Å². The second-order valence-electron chi connectivity index (χ2n) is 4.80. The maximum atomic E-state index is 10.8. The zero-order valence-electron chi connectivity index (χ0n) is 11.7. The summed E-state index contributed by atoms with van der Waals surface area (Å²) < 4.78 is 2.14. The molecule has 2 aromatic rings. The zero-order valence-corrected chi connectivity index (χ0v) is 12.6. The Balaban J connectivity index is 2.36. The average molecular weight is 293 g/mol. The van der Waals surface area contributed by atoms with Crippen molar-refractivity contribution < 1.29 is 9.90 Å². The highest BCUT2D eigenvalue weighted by Gasteiger charge is 2.16. The van der Waals surface area contributed by atoms with Crippen molar-refractivity contribution >= 4 is 28.8 Å². The maximum Gasteiger partial charge on any atom is 0.313 e. The second-order valence-corrected chi connectivity index (χ2v) is 5.74. The minimum absolute atomic E-state index is 0.0250. The fourth-order valence-corrected chi connectivity index (χ4v) is 3.04. The van der Waals surface area contributed by atoms with Crippen molar-refractivity contribution in [3.8, 4) is 0 Å². The van der Waals surface area contributed by atoms with Crippen LogP contribution in [-0.2, 0) is 4.79 Å². The maximum absolute atomic E-state index is 10.8. The first-order valence-corrected chi connectivity index (χ1v) is 7.78. The monoisotopic (exact) mass is 293 g/mol. The van der Waals surface area contributed by atoms with Gasteiger partial charge in [-0.05, 0) is 19.4 Å². The lowest BCUT2D eigenvalue weighted by Gasteiger charge is -2.16. The summed E-state index contributed by atoms with van der Waals surface area (Å²) in [6.07, 6.45) is 6.83. The quantitative estimate of drug-likeness (QED) is 0.793. The third-order valence-electron chi connectivity index (χ3n) is 3.20. The van der Waals surface area contributed by atoms with Gasteiger partial charge in [-0.1, -0.05) is 31.5 Å². The van der Waals surface area contributed by atoms with Crippen LogP contribution in [0.1, 0.15) is 39.2 Å².